The topological polar surface area (TPSA) is 13.0 Å². The van der Waals surface area contributed by atoms with Crippen molar-refractivity contribution >= 4 is 90.9 Å². The van der Waals surface area contributed by atoms with Crippen LogP contribution < -0.4 is 19.6 Å². The van der Waals surface area contributed by atoms with Crippen LogP contribution in [0.2, 0.25) is 0 Å². The maximum absolute atomic E-state index is 2.36. The molecule has 0 unspecified atom stereocenters. The van der Waals surface area contributed by atoms with E-state index in [4.69, 9.17) is 0 Å². The highest BCUT2D eigenvalue weighted by Crippen LogP contribution is 2.45. The van der Waals surface area contributed by atoms with Crippen molar-refractivity contribution in [1.29, 1.82) is 0 Å². The summed E-state index contributed by atoms with van der Waals surface area (Å²) in [6, 6.07) is 117. The van der Waals surface area contributed by atoms with E-state index >= 15 is 0 Å². The van der Waals surface area contributed by atoms with Crippen LogP contribution >= 0.6 is 22.7 Å². The van der Waals surface area contributed by atoms with Gasteiger partial charge in [0.1, 0.15) is 0 Å². The van der Waals surface area contributed by atoms with Gasteiger partial charge in [0.05, 0.1) is 0 Å². The van der Waals surface area contributed by atoms with Crippen molar-refractivity contribution in [2.45, 2.75) is 0 Å². The summed E-state index contributed by atoms with van der Waals surface area (Å²) in [5, 5.41) is 0. The fraction of sp³-hybridized carbons (Fsp3) is 0. The van der Waals surface area contributed by atoms with E-state index in [1.807, 2.05) is 22.7 Å². The summed E-state index contributed by atoms with van der Waals surface area (Å²) < 4.78 is 0. The highest BCUT2D eigenvalue weighted by atomic mass is 32.1. The molecule has 0 aliphatic heterocycles. The Morgan fingerprint density at radius 1 is 0.138 bits per heavy atom. The minimum Gasteiger partial charge on any atom is -0.311 e. The Morgan fingerprint density at radius 3 is 0.487 bits per heavy atom. The first-order valence-corrected chi connectivity index (χ1v) is 28.5. The van der Waals surface area contributed by atoms with Gasteiger partial charge in [0, 0.05) is 87.8 Å². The zero-order chi connectivity index (χ0) is 53.5. The first kappa shape index (κ1) is 49.6. The van der Waals surface area contributed by atoms with Gasteiger partial charge in [-0.1, -0.05) is 158 Å². The zero-order valence-corrected chi connectivity index (χ0v) is 45.4. The molecule has 2 aromatic heterocycles. The molecule has 382 valence electrons. The van der Waals surface area contributed by atoms with Crippen LogP contribution in [0.1, 0.15) is 0 Å². The number of hydrogen-bond acceptors (Lipinski definition) is 6. The number of rotatable bonds is 16. The first-order chi connectivity index (χ1) is 39.7. The van der Waals surface area contributed by atoms with E-state index in [2.05, 4.69) is 347 Å². The quantitative estimate of drug-likeness (QED) is 0.0956. The molecule has 13 rings (SSSR count). The van der Waals surface area contributed by atoms with Crippen molar-refractivity contribution in [3.63, 3.8) is 0 Å². The van der Waals surface area contributed by atoms with Crippen LogP contribution in [-0.2, 0) is 0 Å². The predicted octanol–water partition coefficient (Wildman–Crippen LogP) is 22.4. The molecule has 0 bridgehead atoms. The molecule has 0 atom stereocenters. The lowest BCUT2D eigenvalue weighted by molar-refractivity contribution is 1.24. The van der Waals surface area contributed by atoms with Gasteiger partial charge in [-0.3, -0.25) is 0 Å². The molecule has 0 N–H and O–H groups in total. The Kier molecular flexibility index (Phi) is 14.2. The van der Waals surface area contributed by atoms with Crippen LogP contribution in [-0.4, -0.2) is 0 Å². The van der Waals surface area contributed by atoms with Crippen LogP contribution in [0.5, 0.6) is 0 Å². The molecular formula is C74H54N4S2. The minimum atomic E-state index is 1.04. The fourth-order valence-electron chi connectivity index (χ4n) is 10.4. The predicted molar refractivity (Wildman–Crippen MR) is 343 cm³/mol. The number of para-hydroxylation sites is 4. The maximum atomic E-state index is 2.36. The van der Waals surface area contributed by atoms with Gasteiger partial charge in [-0.15, -0.1) is 22.7 Å². The lowest BCUT2D eigenvalue weighted by atomic mass is 10.1. The van der Waals surface area contributed by atoms with E-state index in [1.165, 1.54) is 41.8 Å². The normalized spacial score (nSPS) is 11.0. The molecule has 80 heavy (non-hydrogen) atoms. The molecule has 0 saturated heterocycles. The number of thiophene rings is 2. The fourth-order valence-corrected chi connectivity index (χ4v) is 12.4. The monoisotopic (exact) mass is 1060 g/mol. The highest BCUT2D eigenvalue weighted by Gasteiger charge is 2.20. The van der Waals surface area contributed by atoms with E-state index in [0.717, 1.165) is 68.2 Å². The third-order valence-electron chi connectivity index (χ3n) is 14.3. The second-order valence-electron chi connectivity index (χ2n) is 19.4. The van der Waals surface area contributed by atoms with Gasteiger partial charge < -0.3 is 19.6 Å². The number of benzene rings is 11. The highest BCUT2D eigenvalue weighted by molar-refractivity contribution is 7.19. The van der Waals surface area contributed by atoms with Gasteiger partial charge >= 0.3 is 0 Å². The molecular weight excluding hydrogens is 1010 g/mol. The van der Waals surface area contributed by atoms with Crippen molar-refractivity contribution in [1.82, 2.24) is 0 Å². The average Bonchev–Trinajstić information content (AvgIpc) is 4.25. The van der Waals surface area contributed by atoms with Gasteiger partial charge in [0.15, 0.2) is 0 Å². The molecule has 0 spiro atoms. The van der Waals surface area contributed by atoms with Crippen LogP contribution in [0.15, 0.2) is 328 Å². The summed E-state index contributed by atoms with van der Waals surface area (Å²) in [5.74, 6) is 0. The van der Waals surface area contributed by atoms with Crippen molar-refractivity contribution in [2.75, 3.05) is 19.6 Å². The van der Waals surface area contributed by atoms with E-state index < -0.39 is 0 Å². The van der Waals surface area contributed by atoms with Crippen LogP contribution in [0.3, 0.4) is 0 Å². The number of hydrogen-bond donors (Lipinski definition) is 0. The SMILES string of the molecule is c1ccc(-c2ccc(-c3ccc(N(c4ccc(N(c5ccccc5)c5ccccc5)cc4)c4ccc(N(c5ccc(-c6ccc(-c7ccccc7)s6)cc5)c5ccc(N(c6ccccc6)c6ccccc6)cc5)cc4)cc3)s2)cc1. The lowest BCUT2D eigenvalue weighted by Gasteiger charge is -2.30. The summed E-state index contributed by atoms with van der Waals surface area (Å²) in [4.78, 5) is 14.3. The zero-order valence-electron chi connectivity index (χ0n) is 43.8. The van der Waals surface area contributed by atoms with E-state index in [9.17, 15) is 0 Å². The lowest BCUT2D eigenvalue weighted by Crippen LogP contribution is -2.13. The summed E-state index contributed by atoms with van der Waals surface area (Å²) in [6.07, 6.45) is 0. The van der Waals surface area contributed by atoms with Crippen molar-refractivity contribution in [2.24, 2.45) is 0 Å². The van der Waals surface area contributed by atoms with Crippen LogP contribution in [0.4, 0.5) is 68.2 Å². The Bertz CT molecular complexity index is 3710. The Labute approximate surface area is 476 Å². The van der Waals surface area contributed by atoms with Crippen molar-refractivity contribution < 1.29 is 0 Å². The van der Waals surface area contributed by atoms with E-state index in [1.54, 1.807) is 0 Å². The molecule has 0 aliphatic rings. The second kappa shape index (κ2) is 22.9. The van der Waals surface area contributed by atoms with E-state index in [0.29, 0.717) is 0 Å². The standard InChI is InChI=1S/C74H54N4S2/c1-7-19-55(20-8-1)71-51-53-73(79-71)57-31-35-63(36-32-57)77(67-43-39-65(40-44-67)75(59-23-11-3-12-24-59)60-25-13-4-14-26-60)69-47-49-70(50-48-69)78(64-37-33-58(34-38-64)74-54-52-72(80-74)56-21-9-2-10-22-56)68-45-41-66(42-46-68)76(61-27-15-5-16-28-61)62-29-17-6-18-30-62/h1-54H. The maximum Gasteiger partial charge on any atom is 0.0463 e. The van der Waals surface area contributed by atoms with Crippen LogP contribution in [0.25, 0.3) is 41.8 Å². The molecule has 0 radical (unpaired) electrons. The number of anilines is 12. The largest absolute Gasteiger partial charge is 0.311 e. The molecule has 11 aromatic carbocycles. The molecule has 6 heteroatoms. The molecule has 13 aromatic rings. The van der Waals surface area contributed by atoms with Crippen molar-refractivity contribution in [3.05, 3.63) is 328 Å². The van der Waals surface area contributed by atoms with Gasteiger partial charge in [-0.25, -0.2) is 0 Å². The summed E-state index contributed by atoms with van der Waals surface area (Å²) in [5.41, 5.74) is 17.7. The molecule has 2 heterocycles. The van der Waals surface area contributed by atoms with Gasteiger partial charge in [-0.2, -0.15) is 0 Å². The summed E-state index contributed by atoms with van der Waals surface area (Å²) in [6.45, 7) is 0. The third-order valence-corrected chi connectivity index (χ3v) is 16.7. The molecule has 0 amide bonds. The summed E-state index contributed by atoms with van der Waals surface area (Å²) in [7, 11) is 0. The summed E-state index contributed by atoms with van der Waals surface area (Å²) >= 11 is 3.64. The molecule has 4 nitrogen and oxygen atoms in total. The van der Waals surface area contributed by atoms with Crippen LogP contribution in [0, 0.1) is 0 Å². The Balaban J connectivity index is 0.880. The second-order valence-corrected chi connectivity index (χ2v) is 21.6. The average molecular weight is 1060 g/mol. The molecule has 0 saturated carbocycles. The number of nitrogens with zero attached hydrogens (tertiary/aromatic N) is 4. The Morgan fingerprint density at radius 2 is 0.287 bits per heavy atom. The van der Waals surface area contributed by atoms with Gasteiger partial charge in [-0.05, 0) is 192 Å². The van der Waals surface area contributed by atoms with Gasteiger partial charge in [0.25, 0.3) is 0 Å². The minimum absolute atomic E-state index is 1.04. The van der Waals surface area contributed by atoms with Crippen molar-refractivity contribution in [3.8, 4) is 41.8 Å². The van der Waals surface area contributed by atoms with E-state index in [-0.39, 0.29) is 0 Å². The Hall–Kier alpha value is -9.98. The molecule has 0 aliphatic carbocycles. The van der Waals surface area contributed by atoms with Gasteiger partial charge in [0.2, 0.25) is 0 Å². The third kappa shape index (κ3) is 10.6. The smallest absolute Gasteiger partial charge is 0.0463 e. The first-order valence-electron chi connectivity index (χ1n) is 26.9. The molecule has 0 fully saturated rings.